The molecule has 2 aromatic carbocycles. The molecule has 2 rings (SSSR count). The highest BCUT2D eigenvalue weighted by Crippen LogP contribution is 2.24. The number of benzene rings is 2. The first-order valence-corrected chi connectivity index (χ1v) is 7.33. The summed E-state index contributed by atoms with van der Waals surface area (Å²) < 4.78 is 31.7. The lowest BCUT2D eigenvalue weighted by atomic mass is 10.1. The molecular weight excluding hydrogens is 252 g/mol. The summed E-state index contributed by atoms with van der Waals surface area (Å²) in [6.45, 7) is 0.211. The van der Waals surface area contributed by atoms with Crippen LogP contribution in [-0.2, 0) is 14.3 Å². The molecule has 4 nitrogen and oxygen atoms in total. The summed E-state index contributed by atoms with van der Waals surface area (Å²) in [6, 6.07) is 13.6. The molecule has 0 atom stereocenters. The Bertz CT molecular complexity index is 629. The summed E-state index contributed by atoms with van der Waals surface area (Å²) in [5.74, 6) is 0.727. The molecule has 0 radical (unpaired) electrons. The molecule has 0 saturated heterocycles. The van der Waals surface area contributed by atoms with E-state index in [4.69, 9.17) is 4.74 Å². The van der Waals surface area contributed by atoms with E-state index in [1.165, 1.54) is 0 Å². The van der Waals surface area contributed by atoms with E-state index in [2.05, 4.69) is 4.18 Å². The summed E-state index contributed by atoms with van der Waals surface area (Å²) in [7, 11) is -3.40. The summed E-state index contributed by atoms with van der Waals surface area (Å²) in [6.07, 6.45) is 1.02. The predicted molar refractivity (Wildman–Crippen MR) is 70.2 cm³/mol. The lowest BCUT2D eigenvalue weighted by Crippen LogP contribution is -2.11. The zero-order valence-electron chi connectivity index (χ0n) is 10.00. The maximum atomic E-state index is 10.8. The summed E-state index contributed by atoms with van der Waals surface area (Å²) in [5, 5.41) is 2.08. The molecule has 2 aromatic rings. The van der Waals surface area contributed by atoms with Crippen molar-refractivity contribution in [2.24, 2.45) is 0 Å². The van der Waals surface area contributed by atoms with Gasteiger partial charge in [-0.1, -0.05) is 36.4 Å². The number of rotatable bonds is 5. The van der Waals surface area contributed by atoms with E-state index >= 15 is 0 Å². The SMILES string of the molecule is CS(=O)(=O)OCCOc1cccc2ccccc12. The van der Waals surface area contributed by atoms with Crippen LogP contribution in [0, 0.1) is 0 Å². The van der Waals surface area contributed by atoms with Crippen molar-refractivity contribution >= 4 is 20.9 Å². The second-order valence-electron chi connectivity index (χ2n) is 3.85. The quantitative estimate of drug-likeness (QED) is 0.615. The van der Waals surface area contributed by atoms with E-state index in [-0.39, 0.29) is 13.2 Å². The van der Waals surface area contributed by atoms with Crippen LogP contribution in [0.5, 0.6) is 5.75 Å². The Morgan fingerprint density at radius 3 is 2.50 bits per heavy atom. The second-order valence-corrected chi connectivity index (χ2v) is 5.50. The van der Waals surface area contributed by atoms with E-state index < -0.39 is 10.1 Å². The minimum atomic E-state index is -3.40. The molecule has 0 saturated carbocycles. The van der Waals surface area contributed by atoms with Crippen LogP contribution in [0.15, 0.2) is 42.5 Å². The van der Waals surface area contributed by atoms with Gasteiger partial charge in [-0.2, -0.15) is 8.42 Å². The molecular formula is C13H14O4S. The van der Waals surface area contributed by atoms with Crippen molar-refractivity contribution in [1.29, 1.82) is 0 Å². The molecule has 0 heterocycles. The molecule has 96 valence electrons. The van der Waals surface area contributed by atoms with Crippen LogP contribution in [0.1, 0.15) is 0 Å². The van der Waals surface area contributed by atoms with Gasteiger partial charge in [0.1, 0.15) is 19.0 Å². The van der Waals surface area contributed by atoms with Gasteiger partial charge in [-0.15, -0.1) is 0 Å². The van der Waals surface area contributed by atoms with E-state index in [1.807, 2.05) is 42.5 Å². The summed E-state index contributed by atoms with van der Waals surface area (Å²) >= 11 is 0. The van der Waals surface area contributed by atoms with Crippen LogP contribution >= 0.6 is 0 Å². The average Bonchev–Trinajstić information content (AvgIpc) is 2.33. The fourth-order valence-electron chi connectivity index (χ4n) is 1.66. The van der Waals surface area contributed by atoms with Crippen molar-refractivity contribution in [2.45, 2.75) is 0 Å². The first-order chi connectivity index (χ1) is 8.56. The van der Waals surface area contributed by atoms with Gasteiger partial charge in [-0.05, 0) is 11.5 Å². The summed E-state index contributed by atoms with van der Waals surface area (Å²) in [4.78, 5) is 0. The standard InChI is InChI=1S/C13H14O4S/c1-18(14,15)17-10-9-16-13-8-4-6-11-5-2-3-7-12(11)13/h2-8H,9-10H2,1H3. The van der Waals surface area contributed by atoms with Crippen molar-refractivity contribution in [1.82, 2.24) is 0 Å². The Balaban J connectivity index is 2.04. The van der Waals surface area contributed by atoms with Gasteiger partial charge >= 0.3 is 0 Å². The van der Waals surface area contributed by atoms with Crippen molar-refractivity contribution in [3.05, 3.63) is 42.5 Å². The third-order valence-electron chi connectivity index (χ3n) is 2.39. The Morgan fingerprint density at radius 1 is 1.00 bits per heavy atom. The molecule has 0 aliphatic heterocycles. The van der Waals surface area contributed by atoms with Crippen LogP contribution in [0.3, 0.4) is 0 Å². The van der Waals surface area contributed by atoms with Crippen molar-refractivity contribution < 1.29 is 17.3 Å². The third-order valence-corrected chi connectivity index (χ3v) is 2.98. The third kappa shape index (κ3) is 3.45. The number of hydrogen-bond acceptors (Lipinski definition) is 4. The van der Waals surface area contributed by atoms with Crippen LogP contribution < -0.4 is 4.74 Å². The molecule has 0 aliphatic rings. The molecule has 18 heavy (non-hydrogen) atoms. The average molecular weight is 266 g/mol. The van der Waals surface area contributed by atoms with Gasteiger partial charge in [0.25, 0.3) is 10.1 Å². The van der Waals surface area contributed by atoms with Gasteiger partial charge in [-0.25, -0.2) is 0 Å². The molecule has 0 aliphatic carbocycles. The van der Waals surface area contributed by atoms with Crippen molar-refractivity contribution in [3.8, 4) is 5.75 Å². The zero-order chi connectivity index (χ0) is 13.0. The molecule has 0 bridgehead atoms. The lowest BCUT2D eigenvalue weighted by molar-refractivity contribution is 0.224. The highest BCUT2D eigenvalue weighted by atomic mass is 32.2. The van der Waals surface area contributed by atoms with Gasteiger partial charge < -0.3 is 4.74 Å². The van der Waals surface area contributed by atoms with Crippen molar-refractivity contribution in [3.63, 3.8) is 0 Å². The Labute approximate surface area is 106 Å². The molecule has 0 fully saturated rings. The van der Waals surface area contributed by atoms with E-state index in [0.717, 1.165) is 22.8 Å². The maximum Gasteiger partial charge on any atom is 0.264 e. The topological polar surface area (TPSA) is 52.6 Å². The van der Waals surface area contributed by atoms with Crippen LogP contribution in [0.2, 0.25) is 0 Å². The van der Waals surface area contributed by atoms with Gasteiger partial charge in [0.2, 0.25) is 0 Å². The summed E-state index contributed by atoms with van der Waals surface area (Å²) in [5.41, 5.74) is 0. The maximum absolute atomic E-state index is 10.8. The number of fused-ring (bicyclic) bond motifs is 1. The highest BCUT2D eigenvalue weighted by molar-refractivity contribution is 7.85. The normalized spacial score (nSPS) is 11.6. The Morgan fingerprint density at radius 2 is 1.72 bits per heavy atom. The highest BCUT2D eigenvalue weighted by Gasteiger charge is 2.03. The first-order valence-electron chi connectivity index (χ1n) is 5.51. The Hall–Kier alpha value is -1.59. The molecule has 0 N–H and O–H groups in total. The molecule has 0 amide bonds. The Kier molecular flexibility index (Phi) is 3.84. The minimum absolute atomic E-state index is 0.0159. The van der Waals surface area contributed by atoms with Gasteiger partial charge in [0, 0.05) is 5.39 Å². The zero-order valence-corrected chi connectivity index (χ0v) is 10.8. The van der Waals surface area contributed by atoms with Crippen LogP contribution in [-0.4, -0.2) is 27.9 Å². The van der Waals surface area contributed by atoms with Crippen LogP contribution in [0.4, 0.5) is 0 Å². The minimum Gasteiger partial charge on any atom is -0.490 e. The van der Waals surface area contributed by atoms with Gasteiger partial charge in [0.15, 0.2) is 0 Å². The number of ether oxygens (including phenoxy) is 1. The predicted octanol–water partition coefficient (Wildman–Crippen LogP) is 2.19. The monoisotopic (exact) mass is 266 g/mol. The largest absolute Gasteiger partial charge is 0.490 e. The molecule has 0 spiro atoms. The lowest BCUT2D eigenvalue weighted by Gasteiger charge is -2.08. The van der Waals surface area contributed by atoms with E-state index in [1.54, 1.807) is 0 Å². The van der Waals surface area contributed by atoms with Gasteiger partial charge in [-0.3, -0.25) is 4.18 Å². The smallest absolute Gasteiger partial charge is 0.264 e. The first kappa shape index (κ1) is 12.9. The second kappa shape index (κ2) is 5.37. The molecule has 0 unspecified atom stereocenters. The van der Waals surface area contributed by atoms with Gasteiger partial charge in [0.05, 0.1) is 6.26 Å². The molecule has 5 heteroatoms. The van der Waals surface area contributed by atoms with E-state index in [9.17, 15) is 8.42 Å². The number of hydrogen-bond donors (Lipinski definition) is 0. The molecule has 0 aromatic heterocycles. The van der Waals surface area contributed by atoms with E-state index in [0.29, 0.717) is 0 Å². The van der Waals surface area contributed by atoms with Crippen LogP contribution in [0.25, 0.3) is 10.8 Å². The van der Waals surface area contributed by atoms with Crippen molar-refractivity contribution in [2.75, 3.05) is 19.5 Å². The fourth-order valence-corrected chi connectivity index (χ4v) is 2.03. The fraction of sp³-hybridized carbons (Fsp3) is 0.231.